The van der Waals surface area contributed by atoms with Gasteiger partial charge in [0.2, 0.25) is 0 Å². The van der Waals surface area contributed by atoms with Gasteiger partial charge in [0.25, 0.3) is 0 Å². The number of nitrogens with zero attached hydrogens (tertiary/aromatic N) is 2. The second-order valence-corrected chi connectivity index (χ2v) is 3.59. The molecule has 1 rings (SSSR count). The van der Waals surface area contributed by atoms with Gasteiger partial charge >= 0.3 is 5.97 Å². The number of aliphatic hydroxyl groups excluding tert-OH is 3. The predicted molar refractivity (Wildman–Crippen MR) is 57.2 cm³/mol. The second-order valence-electron chi connectivity index (χ2n) is 3.59. The van der Waals surface area contributed by atoms with E-state index in [1.54, 1.807) is 0 Å². The Morgan fingerprint density at radius 3 is 2.76 bits per heavy atom. The molecule has 0 aliphatic heterocycles. The van der Waals surface area contributed by atoms with Crippen LogP contribution in [0, 0.1) is 0 Å². The van der Waals surface area contributed by atoms with E-state index in [1.165, 1.54) is 25.0 Å². The van der Waals surface area contributed by atoms with Crippen molar-refractivity contribution < 1.29 is 24.9 Å². The first-order chi connectivity index (χ1) is 8.02. The minimum absolute atomic E-state index is 0.0106. The van der Waals surface area contributed by atoms with Gasteiger partial charge < -0.3 is 20.1 Å². The summed E-state index contributed by atoms with van der Waals surface area (Å²) >= 11 is 0. The standard InChI is InChI=1S/C10H16N2O5/c1-12-8(10(16)17-2)6(5-11-12)9(15)7(14)3-4-13/h5,7,9,13-15H,3-4H2,1-2H3. The van der Waals surface area contributed by atoms with E-state index in [2.05, 4.69) is 9.84 Å². The smallest absolute Gasteiger partial charge is 0.356 e. The van der Waals surface area contributed by atoms with Gasteiger partial charge in [-0.15, -0.1) is 0 Å². The molecule has 1 aromatic heterocycles. The van der Waals surface area contributed by atoms with E-state index in [0.29, 0.717) is 0 Å². The summed E-state index contributed by atoms with van der Waals surface area (Å²) in [4.78, 5) is 11.5. The van der Waals surface area contributed by atoms with E-state index in [-0.39, 0.29) is 24.3 Å². The molecule has 2 unspecified atom stereocenters. The fraction of sp³-hybridized carbons (Fsp3) is 0.600. The quantitative estimate of drug-likeness (QED) is 0.573. The summed E-state index contributed by atoms with van der Waals surface area (Å²) in [7, 11) is 2.75. The van der Waals surface area contributed by atoms with Crippen LogP contribution < -0.4 is 0 Å². The molecule has 0 aliphatic rings. The van der Waals surface area contributed by atoms with Crippen molar-refractivity contribution in [2.24, 2.45) is 7.05 Å². The first-order valence-corrected chi connectivity index (χ1v) is 5.10. The average Bonchev–Trinajstić information content (AvgIpc) is 2.69. The van der Waals surface area contributed by atoms with Gasteiger partial charge in [-0.2, -0.15) is 5.10 Å². The molecule has 96 valence electrons. The van der Waals surface area contributed by atoms with Gasteiger partial charge in [-0.05, 0) is 6.42 Å². The molecule has 3 N–H and O–H groups in total. The Bertz CT molecular complexity index is 390. The van der Waals surface area contributed by atoms with Crippen LogP contribution in [0.15, 0.2) is 6.20 Å². The van der Waals surface area contributed by atoms with Crippen molar-refractivity contribution in [2.45, 2.75) is 18.6 Å². The Morgan fingerprint density at radius 1 is 1.59 bits per heavy atom. The minimum Gasteiger partial charge on any atom is -0.464 e. The van der Waals surface area contributed by atoms with Gasteiger partial charge in [-0.1, -0.05) is 0 Å². The molecule has 7 heteroatoms. The fourth-order valence-electron chi connectivity index (χ4n) is 1.52. The SMILES string of the molecule is COC(=O)c1c(C(O)C(O)CCO)cnn1C. The maximum absolute atomic E-state index is 11.5. The largest absolute Gasteiger partial charge is 0.464 e. The topological polar surface area (TPSA) is 105 Å². The molecule has 0 radical (unpaired) electrons. The highest BCUT2D eigenvalue weighted by molar-refractivity contribution is 5.89. The lowest BCUT2D eigenvalue weighted by Gasteiger charge is -2.16. The van der Waals surface area contributed by atoms with Gasteiger partial charge in [0.1, 0.15) is 6.10 Å². The third-order valence-corrected chi connectivity index (χ3v) is 2.45. The summed E-state index contributed by atoms with van der Waals surface area (Å²) in [5.41, 5.74) is 0.261. The van der Waals surface area contributed by atoms with E-state index in [4.69, 9.17) is 5.11 Å². The Labute approximate surface area is 98.3 Å². The lowest BCUT2D eigenvalue weighted by atomic mass is 10.0. The maximum Gasteiger partial charge on any atom is 0.356 e. The lowest BCUT2D eigenvalue weighted by Crippen LogP contribution is -2.22. The Balaban J connectivity index is 3.01. The van der Waals surface area contributed by atoms with Crippen LogP contribution in [0.1, 0.15) is 28.6 Å². The number of hydrogen-bond donors (Lipinski definition) is 3. The number of carbonyl (C=O) groups is 1. The van der Waals surface area contributed by atoms with Crippen LogP contribution in [0.3, 0.4) is 0 Å². The molecule has 0 amide bonds. The van der Waals surface area contributed by atoms with Gasteiger partial charge in [0.05, 0.1) is 19.4 Å². The first-order valence-electron chi connectivity index (χ1n) is 5.10. The van der Waals surface area contributed by atoms with Crippen LogP contribution in [-0.2, 0) is 11.8 Å². The zero-order valence-corrected chi connectivity index (χ0v) is 9.70. The Kier molecular flexibility index (Phi) is 4.62. The highest BCUT2D eigenvalue weighted by atomic mass is 16.5. The van der Waals surface area contributed by atoms with Gasteiger partial charge in [-0.3, -0.25) is 4.68 Å². The van der Waals surface area contributed by atoms with Crippen LogP contribution in [-0.4, -0.2) is 50.9 Å². The van der Waals surface area contributed by atoms with E-state index >= 15 is 0 Å². The summed E-state index contributed by atoms with van der Waals surface area (Å²) in [6.45, 7) is -0.258. The van der Waals surface area contributed by atoms with Crippen molar-refractivity contribution in [1.82, 2.24) is 9.78 Å². The number of aryl methyl sites for hydroxylation is 1. The monoisotopic (exact) mass is 244 g/mol. The highest BCUT2D eigenvalue weighted by Crippen LogP contribution is 2.22. The third kappa shape index (κ3) is 2.82. The van der Waals surface area contributed by atoms with Crippen LogP contribution in [0.4, 0.5) is 0 Å². The molecule has 17 heavy (non-hydrogen) atoms. The van der Waals surface area contributed by atoms with E-state index in [0.717, 1.165) is 0 Å². The molecular weight excluding hydrogens is 228 g/mol. The van der Waals surface area contributed by atoms with Crippen LogP contribution in [0.2, 0.25) is 0 Å². The number of hydrogen-bond acceptors (Lipinski definition) is 6. The summed E-state index contributed by atoms with van der Waals surface area (Å²) in [6.07, 6.45) is -1.15. The summed E-state index contributed by atoms with van der Waals surface area (Å²) in [5, 5.41) is 31.9. The highest BCUT2D eigenvalue weighted by Gasteiger charge is 2.27. The second kappa shape index (κ2) is 5.76. The first kappa shape index (κ1) is 13.6. The number of rotatable bonds is 5. The van der Waals surface area contributed by atoms with Crippen molar-refractivity contribution in [2.75, 3.05) is 13.7 Å². The number of esters is 1. The van der Waals surface area contributed by atoms with Crippen LogP contribution in [0.5, 0.6) is 0 Å². The minimum atomic E-state index is -1.29. The summed E-state index contributed by atoms with van der Waals surface area (Å²) in [5.74, 6) is -0.643. The molecule has 2 atom stereocenters. The van der Waals surface area contributed by atoms with Crippen molar-refractivity contribution in [1.29, 1.82) is 0 Å². The van der Waals surface area contributed by atoms with E-state index in [9.17, 15) is 15.0 Å². The molecule has 0 saturated heterocycles. The zero-order chi connectivity index (χ0) is 13.0. The van der Waals surface area contributed by atoms with Crippen molar-refractivity contribution in [3.8, 4) is 0 Å². The Hall–Kier alpha value is -1.44. The van der Waals surface area contributed by atoms with Crippen molar-refractivity contribution in [3.05, 3.63) is 17.5 Å². The number of aromatic nitrogens is 2. The molecule has 0 aromatic carbocycles. The zero-order valence-electron chi connectivity index (χ0n) is 9.70. The number of methoxy groups -OCH3 is 1. The summed E-state index contributed by atoms with van der Waals surface area (Å²) < 4.78 is 5.82. The average molecular weight is 244 g/mol. The van der Waals surface area contributed by atoms with Crippen LogP contribution in [0.25, 0.3) is 0 Å². The Morgan fingerprint density at radius 2 is 2.24 bits per heavy atom. The molecule has 0 spiro atoms. The number of aliphatic hydroxyl groups is 3. The molecular formula is C10H16N2O5. The molecule has 0 fully saturated rings. The molecule has 1 heterocycles. The fourth-order valence-corrected chi connectivity index (χ4v) is 1.52. The van der Waals surface area contributed by atoms with Gasteiger partial charge in [-0.25, -0.2) is 4.79 Å². The summed E-state index contributed by atoms with van der Waals surface area (Å²) in [6, 6.07) is 0. The van der Waals surface area contributed by atoms with Crippen molar-refractivity contribution in [3.63, 3.8) is 0 Å². The van der Waals surface area contributed by atoms with Crippen LogP contribution >= 0.6 is 0 Å². The van der Waals surface area contributed by atoms with Gasteiger partial charge in [0, 0.05) is 19.2 Å². The van der Waals surface area contributed by atoms with E-state index < -0.39 is 18.2 Å². The number of carbonyl (C=O) groups excluding carboxylic acids is 1. The maximum atomic E-state index is 11.5. The molecule has 0 saturated carbocycles. The molecule has 0 bridgehead atoms. The van der Waals surface area contributed by atoms with E-state index in [1.807, 2.05) is 0 Å². The van der Waals surface area contributed by atoms with Crippen molar-refractivity contribution >= 4 is 5.97 Å². The lowest BCUT2D eigenvalue weighted by molar-refractivity contribution is 0.00326. The molecule has 1 aromatic rings. The predicted octanol–water partition coefficient (Wildman–Crippen LogP) is -1.02. The molecule has 0 aliphatic carbocycles. The third-order valence-electron chi connectivity index (χ3n) is 2.45. The van der Waals surface area contributed by atoms with Gasteiger partial charge in [0.15, 0.2) is 5.69 Å². The number of ether oxygens (including phenoxy) is 1. The molecule has 7 nitrogen and oxygen atoms in total. The normalized spacial score (nSPS) is 14.4.